The van der Waals surface area contributed by atoms with E-state index in [4.69, 9.17) is 4.74 Å². The number of pyridine rings is 1. The lowest BCUT2D eigenvalue weighted by molar-refractivity contribution is -0.197. The quantitative estimate of drug-likeness (QED) is 0.0615. The number of carbonyl (C=O) groups is 5. The smallest absolute Gasteiger partial charge is 0.405 e. The van der Waals surface area contributed by atoms with Crippen LogP contribution in [0.15, 0.2) is 91.0 Å². The van der Waals surface area contributed by atoms with E-state index in [-0.39, 0.29) is 63.1 Å². The lowest BCUT2D eigenvalue weighted by atomic mass is 9.93. The monoisotopic (exact) mass is 1030 g/mol. The number of para-hydroxylation sites is 1. The summed E-state index contributed by atoms with van der Waals surface area (Å²) in [5.41, 5.74) is 6.12. The number of thiazole rings is 1. The SMILES string of the molecule is Cc1c(OCCCN2CCN(CC(=O)Nc3ccc4c(C5CCC(=O)NC5=O)nn(C)c4c3)CC2C(F)(F)F)cccc1-c1ccc(N2CCc3cccc(C(=O)Nc4nc5ccccc5s4)c3C2)nc1C(=O)O. The van der Waals surface area contributed by atoms with Gasteiger partial charge < -0.3 is 20.1 Å². The molecule has 382 valence electrons. The van der Waals surface area contributed by atoms with Crippen LogP contribution in [-0.2, 0) is 34.4 Å². The van der Waals surface area contributed by atoms with Crippen LogP contribution >= 0.6 is 11.3 Å². The Morgan fingerprint density at radius 3 is 2.54 bits per heavy atom. The van der Waals surface area contributed by atoms with Crippen LogP contribution in [0.3, 0.4) is 0 Å². The van der Waals surface area contributed by atoms with Crippen molar-refractivity contribution in [2.75, 3.05) is 61.4 Å². The number of benzene rings is 4. The van der Waals surface area contributed by atoms with Gasteiger partial charge in [-0.2, -0.15) is 18.3 Å². The van der Waals surface area contributed by atoms with E-state index in [0.29, 0.717) is 87.2 Å². The number of hydrogen-bond acceptors (Lipinski definition) is 13. The fourth-order valence-corrected chi connectivity index (χ4v) is 11.0. The maximum Gasteiger partial charge on any atom is 0.405 e. The second kappa shape index (κ2) is 20.6. The summed E-state index contributed by atoms with van der Waals surface area (Å²) in [4.78, 5) is 77.9. The summed E-state index contributed by atoms with van der Waals surface area (Å²) >= 11 is 1.39. The van der Waals surface area contributed by atoms with Gasteiger partial charge in [0.1, 0.15) is 17.6 Å². The number of carbonyl (C=O) groups excluding carboxylic acids is 4. The Morgan fingerprint density at radius 1 is 0.919 bits per heavy atom. The molecule has 0 saturated carbocycles. The number of aromatic carboxylic acids is 1. The van der Waals surface area contributed by atoms with Gasteiger partial charge in [0, 0.05) is 74.9 Å². The number of alkyl halides is 3. The van der Waals surface area contributed by atoms with Gasteiger partial charge >= 0.3 is 12.1 Å². The van der Waals surface area contributed by atoms with Crippen LogP contribution in [0.4, 0.5) is 29.8 Å². The van der Waals surface area contributed by atoms with Crippen LogP contribution in [0.1, 0.15) is 68.4 Å². The molecule has 0 bridgehead atoms. The Hall–Kier alpha value is -7.75. The molecule has 2 saturated heterocycles. The molecule has 74 heavy (non-hydrogen) atoms. The lowest BCUT2D eigenvalue weighted by Gasteiger charge is -2.41. The second-order valence-corrected chi connectivity index (χ2v) is 19.7. The predicted octanol–water partition coefficient (Wildman–Crippen LogP) is 7.54. The Morgan fingerprint density at radius 2 is 1.74 bits per heavy atom. The zero-order valence-corrected chi connectivity index (χ0v) is 41.2. The van der Waals surface area contributed by atoms with Gasteiger partial charge in [0.15, 0.2) is 10.8 Å². The van der Waals surface area contributed by atoms with Crippen molar-refractivity contribution in [1.82, 2.24) is 34.9 Å². The minimum Gasteiger partial charge on any atom is -0.493 e. The number of aromatic nitrogens is 4. The highest BCUT2D eigenvalue weighted by molar-refractivity contribution is 7.22. The van der Waals surface area contributed by atoms with Crippen molar-refractivity contribution in [3.8, 4) is 16.9 Å². The Bertz CT molecular complexity index is 3330. The molecule has 2 fully saturated rings. The molecule has 3 aliphatic heterocycles. The Kier molecular flexibility index (Phi) is 13.9. The first-order valence-corrected chi connectivity index (χ1v) is 25.0. The van der Waals surface area contributed by atoms with Crippen LogP contribution in [-0.4, -0.2) is 122 Å². The number of carboxylic acid groups (broad SMARTS) is 1. The van der Waals surface area contributed by atoms with Crippen molar-refractivity contribution in [1.29, 1.82) is 0 Å². The van der Waals surface area contributed by atoms with E-state index in [2.05, 4.69) is 31.0 Å². The van der Waals surface area contributed by atoms with Crippen molar-refractivity contribution in [2.45, 2.75) is 57.3 Å². The molecule has 0 spiro atoms. The summed E-state index contributed by atoms with van der Waals surface area (Å²) in [6.45, 7) is 2.48. The molecule has 17 nitrogen and oxygen atoms in total. The molecular weight excluding hydrogens is 978 g/mol. The first kappa shape index (κ1) is 49.8. The van der Waals surface area contributed by atoms with Crippen molar-refractivity contribution >= 4 is 78.7 Å². The number of piperidine rings is 1. The van der Waals surface area contributed by atoms with Crippen LogP contribution in [0.5, 0.6) is 5.75 Å². The van der Waals surface area contributed by atoms with Crippen molar-refractivity contribution in [3.05, 3.63) is 125 Å². The highest BCUT2D eigenvalue weighted by atomic mass is 32.1. The number of imide groups is 1. The molecular formula is C53H51F3N10O7S. The Balaban J connectivity index is 0.745. The van der Waals surface area contributed by atoms with Crippen molar-refractivity contribution < 1.29 is 47.0 Å². The van der Waals surface area contributed by atoms with E-state index in [1.165, 1.54) is 21.1 Å². The highest BCUT2D eigenvalue weighted by Gasteiger charge is 2.46. The predicted molar refractivity (Wildman–Crippen MR) is 273 cm³/mol. The van der Waals surface area contributed by atoms with Crippen LogP contribution in [0, 0.1) is 6.92 Å². The number of rotatable bonds is 14. The number of hydrogen-bond donors (Lipinski definition) is 4. The number of ether oxygens (including phenoxy) is 1. The van der Waals surface area contributed by atoms with Gasteiger partial charge in [-0.1, -0.05) is 47.7 Å². The average Bonchev–Trinajstić information content (AvgIpc) is 3.94. The first-order valence-electron chi connectivity index (χ1n) is 24.2. The molecule has 2 unspecified atom stereocenters. The third kappa shape index (κ3) is 10.4. The minimum absolute atomic E-state index is 0.0719. The molecule has 6 heterocycles. The van der Waals surface area contributed by atoms with Crippen LogP contribution in [0.2, 0.25) is 0 Å². The molecule has 3 aliphatic rings. The standard InChI is InChI=1S/C53H51F3N10O7S/c1-30-33(34-16-18-44(59-48(34)51(71)72)66-22-20-31-8-5-10-35(38(31)27-66)49(69)61-52-58-39-11-3-4-13-42(39)74-52)9-6-12-41(30)73-25-7-21-65-24-23-64(28-43(65)53(54,55)56)29-46(68)57-32-14-15-36-40(26-32)63(2)62-47(36)37-17-19-45(67)60-50(37)70/h3-6,8-16,18,26,37,43H,7,17,19-25,27-29H2,1-2H3,(H,57,68)(H,71,72)(H,58,61,69)(H,60,67,70). The number of amides is 4. The number of piperazine rings is 1. The number of nitrogens with zero attached hydrogens (tertiary/aromatic N) is 7. The zero-order chi connectivity index (χ0) is 51.8. The van der Waals surface area contributed by atoms with E-state index in [1.54, 1.807) is 73.3 Å². The summed E-state index contributed by atoms with van der Waals surface area (Å²) in [7, 11) is 1.70. The van der Waals surface area contributed by atoms with Gasteiger partial charge in [0.05, 0.1) is 40.5 Å². The number of nitrogens with one attached hydrogen (secondary N) is 3. The van der Waals surface area contributed by atoms with E-state index >= 15 is 0 Å². The average molecular weight is 1030 g/mol. The molecule has 0 aliphatic carbocycles. The molecule has 3 aromatic heterocycles. The van der Waals surface area contributed by atoms with Crippen molar-refractivity contribution in [3.63, 3.8) is 0 Å². The minimum atomic E-state index is -4.56. The van der Waals surface area contributed by atoms with Gasteiger partial charge in [-0.3, -0.25) is 44.3 Å². The number of anilines is 3. The normalized spacial score (nSPS) is 17.6. The lowest BCUT2D eigenvalue weighted by Crippen LogP contribution is -2.60. The topological polar surface area (TPSA) is 204 Å². The number of halogens is 3. The summed E-state index contributed by atoms with van der Waals surface area (Å²) in [5.74, 6) is -2.45. The van der Waals surface area contributed by atoms with Crippen molar-refractivity contribution in [2.24, 2.45) is 7.05 Å². The second-order valence-electron chi connectivity index (χ2n) is 18.7. The van der Waals surface area contributed by atoms with Gasteiger partial charge in [-0.15, -0.1) is 0 Å². The van der Waals surface area contributed by atoms with E-state index in [9.17, 15) is 42.3 Å². The molecule has 4 amide bonds. The maximum absolute atomic E-state index is 14.6. The van der Waals surface area contributed by atoms with Gasteiger partial charge in [0.2, 0.25) is 17.7 Å². The van der Waals surface area contributed by atoms with E-state index < -0.39 is 42.5 Å². The molecule has 7 aromatic rings. The Labute approximate surface area is 426 Å². The molecule has 10 rings (SSSR count). The van der Waals surface area contributed by atoms with Crippen LogP contribution in [0.25, 0.3) is 32.2 Å². The molecule has 21 heteroatoms. The highest BCUT2D eigenvalue weighted by Crippen LogP contribution is 2.36. The summed E-state index contributed by atoms with van der Waals surface area (Å²) in [6.07, 6.45) is -3.16. The maximum atomic E-state index is 14.6. The number of carboxylic acids is 1. The fraction of sp³-hybridized carbons (Fsp3) is 0.321. The number of aryl methyl sites for hydroxylation is 1. The van der Waals surface area contributed by atoms with E-state index in [1.807, 2.05) is 41.3 Å². The fourth-order valence-electron chi connectivity index (χ4n) is 10.2. The molecule has 2 atom stereocenters. The summed E-state index contributed by atoms with van der Waals surface area (Å²) in [5, 5.41) is 24.3. The molecule has 0 radical (unpaired) electrons. The molecule has 4 N–H and O–H groups in total. The van der Waals surface area contributed by atoms with Crippen LogP contribution < -0.4 is 25.6 Å². The van der Waals surface area contributed by atoms with E-state index in [0.717, 1.165) is 21.3 Å². The molecule has 4 aromatic carbocycles. The largest absolute Gasteiger partial charge is 0.493 e. The first-order chi connectivity index (χ1) is 35.6. The van der Waals surface area contributed by atoms with Gasteiger partial charge in [-0.25, -0.2) is 14.8 Å². The summed E-state index contributed by atoms with van der Waals surface area (Å²) < 4.78 is 52.3. The third-order valence-corrected chi connectivity index (χ3v) is 14.9. The summed E-state index contributed by atoms with van der Waals surface area (Å²) in [6, 6.07) is 25.2. The third-order valence-electron chi connectivity index (χ3n) is 13.9. The number of fused-ring (bicyclic) bond motifs is 3. The zero-order valence-electron chi connectivity index (χ0n) is 40.4. The van der Waals surface area contributed by atoms with Gasteiger partial charge in [0.25, 0.3) is 5.91 Å². The van der Waals surface area contributed by atoms with Gasteiger partial charge in [-0.05, 0) is 103 Å².